The van der Waals surface area contributed by atoms with Crippen LogP contribution in [0.2, 0.25) is 0 Å². The highest BCUT2D eigenvalue weighted by molar-refractivity contribution is 7.89. The molecule has 1 saturated heterocycles. The summed E-state index contributed by atoms with van der Waals surface area (Å²) in [6, 6.07) is 24.3. The minimum atomic E-state index is -3.90. The van der Waals surface area contributed by atoms with Gasteiger partial charge in [-0.05, 0) is 66.8 Å². The summed E-state index contributed by atoms with van der Waals surface area (Å²) in [4.78, 5) is 24.8. The molecule has 0 saturated carbocycles. The Labute approximate surface area is 240 Å². The third-order valence-electron chi connectivity index (χ3n) is 6.40. The maximum absolute atomic E-state index is 13.3. The largest absolute Gasteiger partial charge is 0.484 e. The summed E-state index contributed by atoms with van der Waals surface area (Å²) >= 11 is 0. The standard InChI is InChI=1S/C30H34N4O6S/c35-29(22-34(18-17-24-8-3-1-4-9-24)41(37,38)28-11-5-2-6-12-28)33-32-20-25-13-15-26(16-14-25)40-23-30(36)31-21-27-10-7-19-39-27/h1-6,8-9,11-16,20,27H,7,10,17-19,21-23H2,(H,31,36)(H,33,35)/b32-20+/t27-/m1/s1. The second-order valence-electron chi connectivity index (χ2n) is 9.48. The van der Waals surface area contributed by atoms with Gasteiger partial charge in [-0.3, -0.25) is 9.59 Å². The van der Waals surface area contributed by atoms with E-state index < -0.39 is 15.9 Å². The summed E-state index contributed by atoms with van der Waals surface area (Å²) in [6.45, 7) is 0.851. The smallest absolute Gasteiger partial charge is 0.258 e. The highest BCUT2D eigenvalue weighted by atomic mass is 32.2. The van der Waals surface area contributed by atoms with Crippen LogP contribution in [0.25, 0.3) is 0 Å². The Bertz CT molecular complexity index is 1390. The van der Waals surface area contributed by atoms with Crippen LogP contribution in [-0.4, -0.2) is 69.7 Å². The van der Waals surface area contributed by atoms with Gasteiger partial charge in [0.1, 0.15) is 5.75 Å². The maximum atomic E-state index is 13.3. The van der Waals surface area contributed by atoms with E-state index in [1.54, 1.807) is 42.5 Å². The van der Waals surface area contributed by atoms with E-state index in [4.69, 9.17) is 9.47 Å². The molecule has 0 aliphatic carbocycles. The summed E-state index contributed by atoms with van der Waals surface area (Å²) in [6.07, 6.45) is 3.93. The van der Waals surface area contributed by atoms with Crippen LogP contribution in [-0.2, 0) is 30.8 Å². The van der Waals surface area contributed by atoms with Crippen molar-refractivity contribution in [3.8, 4) is 5.75 Å². The number of carbonyl (C=O) groups excluding carboxylic acids is 2. The molecule has 10 nitrogen and oxygen atoms in total. The minimum Gasteiger partial charge on any atom is -0.484 e. The zero-order valence-electron chi connectivity index (χ0n) is 22.6. The van der Waals surface area contributed by atoms with Crippen molar-refractivity contribution in [2.24, 2.45) is 5.10 Å². The van der Waals surface area contributed by atoms with Crippen molar-refractivity contribution in [2.45, 2.75) is 30.3 Å². The van der Waals surface area contributed by atoms with Crippen LogP contribution >= 0.6 is 0 Å². The lowest BCUT2D eigenvalue weighted by Crippen LogP contribution is -2.40. The van der Waals surface area contributed by atoms with E-state index in [1.807, 2.05) is 30.3 Å². The van der Waals surface area contributed by atoms with Crippen LogP contribution < -0.4 is 15.5 Å². The van der Waals surface area contributed by atoms with Crippen molar-refractivity contribution in [3.63, 3.8) is 0 Å². The topological polar surface area (TPSA) is 126 Å². The maximum Gasteiger partial charge on any atom is 0.258 e. The van der Waals surface area contributed by atoms with Gasteiger partial charge >= 0.3 is 0 Å². The molecule has 1 aliphatic rings. The molecule has 11 heteroatoms. The Balaban J connectivity index is 1.27. The zero-order chi connectivity index (χ0) is 28.9. The van der Waals surface area contributed by atoms with Crippen molar-refractivity contribution >= 4 is 28.1 Å². The van der Waals surface area contributed by atoms with Crippen molar-refractivity contribution < 1.29 is 27.5 Å². The van der Waals surface area contributed by atoms with Crippen molar-refractivity contribution in [1.29, 1.82) is 0 Å². The molecular formula is C30H34N4O6S. The van der Waals surface area contributed by atoms with Crippen molar-refractivity contribution in [1.82, 2.24) is 15.0 Å². The highest BCUT2D eigenvalue weighted by Crippen LogP contribution is 2.16. The number of ether oxygens (including phenoxy) is 2. The Kier molecular flexibility index (Phi) is 11.0. The van der Waals surface area contributed by atoms with E-state index in [2.05, 4.69) is 15.8 Å². The summed E-state index contributed by atoms with van der Waals surface area (Å²) in [5.41, 5.74) is 4.05. The molecule has 41 heavy (non-hydrogen) atoms. The average Bonchev–Trinajstić information content (AvgIpc) is 3.52. The molecule has 1 fully saturated rings. The second-order valence-corrected chi connectivity index (χ2v) is 11.4. The van der Waals surface area contributed by atoms with Crippen LogP contribution in [0.4, 0.5) is 0 Å². The Morgan fingerprint density at radius 2 is 1.68 bits per heavy atom. The molecule has 0 bridgehead atoms. The normalized spacial score (nSPS) is 15.2. The fraction of sp³-hybridized carbons (Fsp3) is 0.300. The van der Waals surface area contributed by atoms with E-state index in [0.29, 0.717) is 24.3 Å². The lowest BCUT2D eigenvalue weighted by atomic mass is 10.1. The average molecular weight is 579 g/mol. The van der Waals surface area contributed by atoms with Gasteiger partial charge < -0.3 is 14.8 Å². The Hall–Kier alpha value is -4.06. The van der Waals surface area contributed by atoms with E-state index in [0.717, 1.165) is 29.3 Å². The molecule has 2 amide bonds. The lowest BCUT2D eigenvalue weighted by Gasteiger charge is -2.21. The molecule has 0 aromatic heterocycles. The number of amides is 2. The van der Waals surface area contributed by atoms with Gasteiger partial charge in [0.2, 0.25) is 10.0 Å². The van der Waals surface area contributed by atoms with Gasteiger partial charge in [0, 0.05) is 19.7 Å². The predicted octanol–water partition coefficient (Wildman–Crippen LogP) is 2.74. The Morgan fingerprint density at radius 3 is 2.37 bits per heavy atom. The first-order valence-corrected chi connectivity index (χ1v) is 14.9. The van der Waals surface area contributed by atoms with E-state index in [-0.39, 0.29) is 36.6 Å². The summed E-state index contributed by atoms with van der Waals surface area (Å²) in [5.74, 6) is -0.276. The molecular weight excluding hydrogens is 544 g/mol. The number of carbonyl (C=O) groups is 2. The van der Waals surface area contributed by atoms with Gasteiger partial charge in [-0.25, -0.2) is 13.8 Å². The molecule has 3 aromatic rings. The quantitative estimate of drug-likeness (QED) is 0.224. The summed E-state index contributed by atoms with van der Waals surface area (Å²) in [7, 11) is -3.90. The van der Waals surface area contributed by atoms with Gasteiger partial charge in [-0.2, -0.15) is 9.41 Å². The number of nitrogens with one attached hydrogen (secondary N) is 2. The third kappa shape index (κ3) is 9.52. The van der Waals surface area contributed by atoms with Gasteiger partial charge in [0.25, 0.3) is 11.8 Å². The fourth-order valence-corrected chi connectivity index (χ4v) is 5.60. The molecule has 216 valence electrons. The SMILES string of the molecule is O=C(COc1ccc(/C=N/NC(=O)CN(CCc2ccccc2)S(=O)(=O)c2ccccc2)cc1)NC[C@H]1CCCO1. The fourth-order valence-electron chi connectivity index (χ4n) is 4.18. The number of rotatable bonds is 14. The number of hydrazone groups is 1. The lowest BCUT2D eigenvalue weighted by molar-refractivity contribution is -0.123. The van der Waals surface area contributed by atoms with Gasteiger partial charge in [-0.1, -0.05) is 48.5 Å². The summed E-state index contributed by atoms with van der Waals surface area (Å²) in [5, 5.41) is 6.77. The van der Waals surface area contributed by atoms with Crippen LogP contribution in [0, 0.1) is 0 Å². The molecule has 0 radical (unpaired) electrons. The van der Waals surface area contributed by atoms with E-state index in [1.165, 1.54) is 18.3 Å². The predicted molar refractivity (Wildman–Crippen MR) is 155 cm³/mol. The monoisotopic (exact) mass is 578 g/mol. The summed E-state index contributed by atoms with van der Waals surface area (Å²) < 4.78 is 38.7. The van der Waals surface area contributed by atoms with Crippen LogP contribution in [0.15, 0.2) is 94.9 Å². The molecule has 0 unspecified atom stereocenters. The van der Waals surface area contributed by atoms with Crippen molar-refractivity contribution in [3.05, 3.63) is 96.1 Å². The highest BCUT2D eigenvalue weighted by Gasteiger charge is 2.26. The molecule has 0 spiro atoms. The van der Waals surface area contributed by atoms with Crippen LogP contribution in [0.5, 0.6) is 5.75 Å². The van der Waals surface area contributed by atoms with Gasteiger partial charge in [-0.15, -0.1) is 0 Å². The van der Waals surface area contributed by atoms with Crippen molar-refractivity contribution in [2.75, 3.05) is 32.8 Å². The van der Waals surface area contributed by atoms with Gasteiger partial charge in [0.15, 0.2) is 6.61 Å². The third-order valence-corrected chi connectivity index (χ3v) is 8.26. The minimum absolute atomic E-state index is 0.0728. The number of nitrogens with zero attached hydrogens (tertiary/aromatic N) is 2. The molecule has 1 aliphatic heterocycles. The van der Waals surface area contributed by atoms with Gasteiger partial charge in [0.05, 0.1) is 23.8 Å². The number of benzene rings is 3. The van der Waals surface area contributed by atoms with Crippen LogP contribution in [0.1, 0.15) is 24.0 Å². The second kappa shape index (κ2) is 15.1. The number of sulfonamides is 1. The number of hydrogen-bond donors (Lipinski definition) is 2. The first-order valence-electron chi connectivity index (χ1n) is 13.4. The van der Waals surface area contributed by atoms with Crippen LogP contribution in [0.3, 0.4) is 0 Å². The first-order chi connectivity index (χ1) is 19.9. The molecule has 2 N–H and O–H groups in total. The first kappa shape index (κ1) is 29.9. The zero-order valence-corrected chi connectivity index (χ0v) is 23.5. The Morgan fingerprint density at radius 1 is 0.976 bits per heavy atom. The number of hydrogen-bond acceptors (Lipinski definition) is 7. The molecule has 4 rings (SSSR count). The molecule has 1 atom stereocenters. The van der Waals surface area contributed by atoms with E-state index in [9.17, 15) is 18.0 Å². The molecule has 1 heterocycles. The molecule has 3 aromatic carbocycles. The van der Waals surface area contributed by atoms with E-state index >= 15 is 0 Å².